The topological polar surface area (TPSA) is 106 Å². The molecule has 1 aliphatic heterocycles. The lowest BCUT2D eigenvalue weighted by Crippen LogP contribution is -2.45. The summed E-state index contributed by atoms with van der Waals surface area (Å²) in [7, 11) is 4.82. The summed E-state index contributed by atoms with van der Waals surface area (Å²) in [6.45, 7) is 0. The van der Waals surface area contributed by atoms with Gasteiger partial charge in [-0.1, -0.05) is 29.3 Å². The lowest BCUT2D eigenvalue weighted by Gasteiger charge is -2.30. The molecule has 11 heteroatoms. The van der Waals surface area contributed by atoms with Crippen molar-refractivity contribution in [2.24, 2.45) is 14.1 Å². The number of nitrogens with zero attached hydrogens (tertiary/aromatic N) is 2. The quantitative estimate of drug-likeness (QED) is 0.643. The molecule has 0 saturated carbocycles. The molecule has 0 amide bonds. The van der Waals surface area contributed by atoms with E-state index in [1.165, 1.54) is 26.2 Å². The molecule has 2 aromatic rings. The summed E-state index contributed by atoms with van der Waals surface area (Å²) in [6.07, 6.45) is -1.63. The number of carbonyl (C=O) groups is 2. The molecular formula is C19H16Cl2N2O7. The molecule has 0 fully saturated rings. The Balaban J connectivity index is 2.62. The van der Waals surface area contributed by atoms with Crippen LogP contribution in [0.15, 0.2) is 33.4 Å². The van der Waals surface area contributed by atoms with Crippen LogP contribution in [0, 0.1) is 0 Å². The van der Waals surface area contributed by atoms with E-state index >= 15 is 0 Å². The molecule has 9 nitrogen and oxygen atoms in total. The summed E-state index contributed by atoms with van der Waals surface area (Å²) in [6, 6.07) is 4.57. The van der Waals surface area contributed by atoms with Gasteiger partial charge in [0, 0.05) is 35.3 Å². The summed E-state index contributed by atoms with van der Waals surface area (Å²) in [5, 5.41) is 0.206. The molecule has 1 aromatic heterocycles. The molecule has 3 rings (SSSR count). The van der Waals surface area contributed by atoms with Gasteiger partial charge in [0.15, 0.2) is 0 Å². The molecule has 0 saturated heterocycles. The largest absolute Gasteiger partial charge is 0.466 e. The summed E-state index contributed by atoms with van der Waals surface area (Å²) < 4.78 is 17.1. The van der Waals surface area contributed by atoms with Gasteiger partial charge in [-0.2, -0.15) is 0 Å². The van der Waals surface area contributed by atoms with Crippen molar-refractivity contribution in [1.29, 1.82) is 0 Å². The molecule has 1 aromatic carbocycles. The van der Waals surface area contributed by atoms with Crippen molar-refractivity contribution in [1.82, 2.24) is 9.13 Å². The van der Waals surface area contributed by atoms with Gasteiger partial charge in [-0.25, -0.2) is 14.4 Å². The number of rotatable bonds is 3. The number of methoxy groups -OCH3 is 2. The molecule has 1 unspecified atom stereocenters. The predicted octanol–water partition coefficient (Wildman–Crippen LogP) is 1.30. The van der Waals surface area contributed by atoms with E-state index in [-0.39, 0.29) is 38.2 Å². The molecule has 0 bridgehead atoms. The fourth-order valence-corrected chi connectivity index (χ4v) is 3.79. The zero-order valence-electron chi connectivity index (χ0n) is 16.3. The van der Waals surface area contributed by atoms with Gasteiger partial charge in [-0.3, -0.25) is 13.9 Å². The van der Waals surface area contributed by atoms with Gasteiger partial charge in [-0.15, -0.1) is 0 Å². The minimum Gasteiger partial charge on any atom is -0.466 e. The van der Waals surface area contributed by atoms with Crippen LogP contribution in [0.1, 0.15) is 11.1 Å². The summed E-state index contributed by atoms with van der Waals surface area (Å²) in [5.41, 5.74) is -1.95. The molecule has 2 heterocycles. The lowest BCUT2D eigenvalue weighted by molar-refractivity contribution is -0.150. The second-order valence-corrected chi connectivity index (χ2v) is 7.10. The Kier molecular flexibility index (Phi) is 5.78. The SMILES string of the molecule is COC(=O)C1=C(c2c(Cl)cccc2Cl)c2c(n(C)c(=O)n(C)c2=O)OC1C(=O)OC. The van der Waals surface area contributed by atoms with Crippen LogP contribution in [0.4, 0.5) is 0 Å². The first kappa shape index (κ1) is 21.7. The zero-order chi connectivity index (χ0) is 22.3. The fraction of sp³-hybridized carbons (Fsp3) is 0.263. The van der Waals surface area contributed by atoms with Gasteiger partial charge in [0.1, 0.15) is 5.56 Å². The van der Waals surface area contributed by atoms with Gasteiger partial charge in [0.05, 0.1) is 19.8 Å². The van der Waals surface area contributed by atoms with E-state index in [2.05, 4.69) is 0 Å². The van der Waals surface area contributed by atoms with Gasteiger partial charge in [0.25, 0.3) is 5.56 Å². The minimum absolute atomic E-state index is 0.0784. The van der Waals surface area contributed by atoms with Crippen molar-refractivity contribution in [3.8, 4) is 5.88 Å². The Morgan fingerprint density at radius 3 is 2.13 bits per heavy atom. The van der Waals surface area contributed by atoms with Crippen LogP contribution in [-0.4, -0.2) is 41.4 Å². The Labute approximate surface area is 180 Å². The number of hydrogen-bond donors (Lipinski definition) is 0. The van der Waals surface area contributed by atoms with Crippen molar-refractivity contribution in [2.75, 3.05) is 14.2 Å². The second-order valence-electron chi connectivity index (χ2n) is 6.28. The fourth-order valence-electron chi connectivity index (χ4n) is 3.20. The molecule has 1 atom stereocenters. The number of halogens is 2. The zero-order valence-corrected chi connectivity index (χ0v) is 17.8. The van der Waals surface area contributed by atoms with Crippen LogP contribution in [0.2, 0.25) is 10.0 Å². The van der Waals surface area contributed by atoms with Crippen LogP contribution >= 0.6 is 23.2 Å². The molecular weight excluding hydrogens is 439 g/mol. The highest BCUT2D eigenvalue weighted by Gasteiger charge is 2.43. The highest BCUT2D eigenvalue weighted by atomic mass is 35.5. The molecule has 0 aliphatic carbocycles. The van der Waals surface area contributed by atoms with E-state index in [0.717, 1.165) is 23.4 Å². The van der Waals surface area contributed by atoms with Crippen molar-refractivity contribution >= 4 is 40.7 Å². The normalized spacial score (nSPS) is 15.3. The van der Waals surface area contributed by atoms with Crippen LogP contribution in [-0.2, 0) is 33.2 Å². The molecule has 0 N–H and O–H groups in total. The Morgan fingerprint density at radius 2 is 1.60 bits per heavy atom. The third kappa shape index (κ3) is 3.20. The number of fused-ring (bicyclic) bond motifs is 1. The predicted molar refractivity (Wildman–Crippen MR) is 108 cm³/mol. The molecule has 158 valence electrons. The van der Waals surface area contributed by atoms with Gasteiger partial charge in [0.2, 0.25) is 12.0 Å². The average molecular weight is 455 g/mol. The number of hydrogen-bond acceptors (Lipinski definition) is 7. The summed E-state index contributed by atoms with van der Waals surface area (Å²) in [5.74, 6) is -2.15. The van der Waals surface area contributed by atoms with Crippen molar-refractivity contribution in [3.05, 3.63) is 65.8 Å². The maximum absolute atomic E-state index is 13.1. The van der Waals surface area contributed by atoms with Crippen LogP contribution in [0.3, 0.4) is 0 Å². The standard InChI is InChI=1S/C19H16Cl2N2O7/c1-22-15(24)13-11(10-8(20)6-5-7-9(10)21)12(17(25)28-3)14(18(26)29-4)30-16(13)23(2)19(22)27/h5-7,14H,1-4H3. The smallest absolute Gasteiger partial charge is 0.352 e. The number of ether oxygens (including phenoxy) is 3. The van der Waals surface area contributed by atoms with E-state index < -0.39 is 29.3 Å². The van der Waals surface area contributed by atoms with Crippen molar-refractivity contribution < 1.29 is 23.8 Å². The first-order chi connectivity index (χ1) is 14.1. The van der Waals surface area contributed by atoms with E-state index in [1.54, 1.807) is 6.07 Å². The molecule has 30 heavy (non-hydrogen) atoms. The first-order valence-electron chi connectivity index (χ1n) is 8.47. The maximum atomic E-state index is 13.1. The number of aromatic nitrogens is 2. The van der Waals surface area contributed by atoms with Gasteiger partial charge >= 0.3 is 17.6 Å². The minimum atomic E-state index is -1.63. The van der Waals surface area contributed by atoms with Gasteiger partial charge in [-0.05, 0) is 12.1 Å². The van der Waals surface area contributed by atoms with E-state index in [0.29, 0.717) is 0 Å². The Bertz CT molecular complexity index is 1210. The Morgan fingerprint density at radius 1 is 1.00 bits per heavy atom. The van der Waals surface area contributed by atoms with Crippen molar-refractivity contribution in [2.45, 2.75) is 6.10 Å². The van der Waals surface area contributed by atoms with E-state index in [1.807, 2.05) is 0 Å². The second kappa shape index (κ2) is 8.00. The molecule has 1 aliphatic rings. The highest BCUT2D eigenvalue weighted by molar-refractivity contribution is 6.38. The van der Waals surface area contributed by atoms with Crippen LogP contribution < -0.4 is 16.0 Å². The van der Waals surface area contributed by atoms with Crippen molar-refractivity contribution in [3.63, 3.8) is 0 Å². The third-order valence-corrected chi connectivity index (χ3v) is 5.29. The summed E-state index contributed by atoms with van der Waals surface area (Å²) in [4.78, 5) is 50.7. The molecule has 0 radical (unpaired) electrons. The monoisotopic (exact) mass is 454 g/mol. The summed E-state index contributed by atoms with van der Waals surface area (Å²) >= 11 is 12.7. The maximum Gasteiger partial charge on any atom is 0.352 e. The lowest BCUT2D eigenvalue weighted by atomic mass is 9.89. The number of carbonyl (C=O) groups excluding carboxylic acids is 2. The third-order valence-electron chi connectivity index (χ3n) is 4.66. The van der Waals surface area contributed by atoms with E-state index in [4.69, 9.17) is 37.4 Å². The first-order valence-corrected chi connectivity index (χ1v) is 9.23. The number of benzene rings is 1. The van der Waals surface area contributed by atoms with Crippen LogP contribution in [0.25, 0.3) is 5.57 Å². The molecule has 0 spiro atoms. The van der Waals surface area contributed by atoms with Crippen LogP contribution in [0.5, 0.6) is 5.88 Å². The highest BCUT2D eigenvalue weighted by Crippen LogP contribution is 2.43. The Hall–Kier alpha value is -3.04. The average Bonchev–Trinajstić information content (AvgIpc) is 2.74. The van der Waals surface area contributed by atoms with E-state index in [9.17, 15) is 19.2 Å². The van der Waals surface area contributed by atoms with Gasteiger partial charge < -0.3 is 14.2 Å². The number of esters is 2.